The third kappa shape index (κ3) is 5.18. The molecule has 0 amide bonds. The molecule has 3 aromatic rings. The van der Waals surface area contributed by atoms with Crippen LogP contribution in [0.25, 0.3) is 0 Å². The van der Waals surface area contributed by atoms with Crippen molar-refractivity contribution in [2.45, 2.75) is 43.9 Å². The van der Waals surface area contributed by atoms with E-state index in [9.17, 15) is 23.0 Å². The van der Waals surface area contributed by atoms with E-state index in [-0.39, 0.29) is 22.5 Å². The molecule has 3 aromatic carbocycles. The Balaban J connectivity index is 1.67. The van der Waals surface area contributed by atoms with E-state index in [4.69, 9.17) is 4.18 Å². The summed E-state index contributed by atoms with van der Waals surface area (Å²) in [6.45, 7) is 4.49. The number of aliphatic hydroxyl groups is 1. The Hall–Kier alpha value is -2.78. The summed E-state index contributed by atoms with van der Waals surface area (Å²) in [5.74, 6) is -2.41. The van der Waals surface area contributed by atoms with Gasteiger partial charge in [-0.25, -0.2) is 8.57 Å². The molecule has 1 heterocycles. The molecular formula is C28H32FNO5S. The van der Waals surface area contributed by atoms with Crippen LogP contribution in [0.3, 0.4) is 0 Å². The Morgan fingerprint density at radius 2 is 1.58 bits per heavy atom. The summed E-state index contributed by atoms with van der Waals surface area (Å²) in [5.41, 5.74) is 2.53. The number of aromatic hydroxyl groups is 1. The van der Waals surface area contributed by atoms with E-state index < -0.39 is 21.9 Å². The molecule has 1 aliphatic rings. The number of hydrogen-bond donors (Lipinski definition) is 2. The third-order valence-electron chi connectivity index (χ3n) is 7.38. The van der Waals surface area contributed by atoms with Crippen LogP contribution in [0.1, 0.15) is 42.0 Å². The largest absolute Gasteiger partial charge is 0.508 e. The Morgan fingerprint density at radius 3 is 2.14 bits per heavy atom. The van der Waals surface area contributed by atoms with Crippen molar-refractivity contribution < 1.29 is 27.2 Å². The van der Waals surface area contributed by atoms with Gasteiger partial charge in [-0.1, -0.05) is 42.5 Å². The minimum atomic E-state index is -4.02. The number of likely N-dealkylation sites (tertiary alicyclic amines) is 1. The van der Waals surface area contributed by atoms with E-state index in [0.717, 1.165) is 17.4 Å². The normalized spacial score (nSPS) is 18.9. The number of piperidine rings is 1. The van der Waals surface area contributed by atoms with Crippen molar-refractivity contribution in [2.24, 2.45) is 0 Å². The van der Waals surface area contributed by atoms with Gasteiger partial charge in [-0.05, 0) is 86.8 Å². The zero-order valence-corrected chi connectivity index (χ0v) is 21.5. The number of phenolic OH excluding ortho intramolecular Hbond substituents is 1. The van der Waals surface area contributed by atoms with Crippen molar-refractivity contribution in [3.8, 4) is 5.75 Å². The van der Waals surface area contributed by atoms with Gasteiger partial charge in [0.05, 0.1) is 12.3 Å². The first-order valence-electron chi connectivity index (χ1n) is 11.9. The maximum absolute atomic E-state index is 13.7. The summed E-state index contributed by atoms with van der Waals surface area (Å²) in [5, 5.41) is 21.6. The molecule has 2 N–H and O–H groups in total. The van der Waals surface area contributed by atoms with Gasteiger partial charge >= 0.3 is 0 Å². The average Bonchev–Trinajstić information content (AvgIpc) is 2.85. The van der Waals surface area contributed by atoms with Crippen LogP contribution in [0.15, 0.2) is 72.8 Å². The second-order valence-corrected chi connectivity index (χ2v) is 11.2. The highest BCUT2D eigenvalue weighted by atomic mass is 32.2. The number of hydrogen-bond acceptors (Lipinski definition) is 6. The van der Waals surface area contributed by atoms with Crippen molar-refractivity contribution in [3.63, 3.8) is 0 Å². The van der Waals surface area contributed by atoms with Crippen LogP contribution < -0.4 is 0 Å². The standard InChI is InChI=1S/C28H32FNO5S/c1-20-19-24(11-14-26(20)31)28(32,35-36(3,33)34)21(2)30-17-15-27(16-18-30,22-7-5-4-6-8-22)23-9-12-25(29)13-10-23/h4-14,19,21,31-32H,15-18H2,1-3H3/t21-,28+/m1/s1. The molecule has 0 unspecified atom stereocenters. The van der Waals surface area contributed by atoms with Gasteiger partial charge in [0.15, 0.2) is 0 Å². The maximum atomic E-state index is 13.7. The zero-order chi connectivity index (χ0) is 26.1. The molecule has 36 heavy (non-hydrogen) atoms. The molecule has 8 heteroatoms. The monoisotopic (exact) mass is 513 g/mol. The Bertz CT molecular complexity index is 1310. The number of nitrogens with zero attached hydrogens (tertiary/aromatic N) is 1. The first kappa shape index (κ1) is 26.3. The third-order valence-corrected chi connectivity index (χ3v) is 7.93. The highest BCUT2D eigenvalue weighted by Crippen LogP contribution is 2.44. The summed E-state index contributed by atoms with van der Waals surface area (Å²) in [6.07, 6.45) is 2.26. The lowest BCUT2D eigenvalue weighted by molar-refractivity contribution is -0.191. The second kappa shape index (κ2) is 9.94. The lowest BCUT2D eigenvalue weighted by atomic mass is 9.68. The quantitative estimate of drug-likeness (QED) is 0.359. The van der Waals surface area contributed by atoms with Gasteiger partial charge in [0.2, 0.25) is 5.79 Å². The maximum Gasteiger partial charge on any atom is 0.267 e. The van der Waals surface area contributed by atoms with Gasteiger partial charge in [0, 0.05) is 11.0 Å². The van der Waals surface area contributed by atoms with Crippen LogP contribution >= 0.6 is 0 Å². The fraction of sp³-hybridized carbons (Fsp3) is 0.357. The summed E-state index contributed by atoms with van der Waals surface area (Å²) in [7, 11) is -4.02. The van der Waals surface area contributed by atoms with Crippen molar-refractivity contribution in [1.29, 1.82) is 0 Å². The lowest BCUT2D eigenvalue weighted by Crippen LogP contribution is -2.55. The smallest absolute Gasteiger partial charge is 0.267 e. The Kier molecular flexibility index (Phi) is 7.26. The van der Waals surface area contributed by atoms with Crippen LogP contribution in [-0.4, -0.2) is 48.9 Å². The molecule has 192 valence electrons. The molecule has 6 nitrogen and oxygen atoms in total. The molecule has 0 saturated carbocycles. The van der Waals surface area contributed by atoms with E-state index in [2.05, 4.69) is 12.1 Å². The predicted molar refractivity (Wildman–Crippen MR) is 137 cm³/mol. The molecule has 0 radical (unpaired) electrons. The molecule has 4 rings (SSSR count). The highest BCUT2D eigenvalue weighted by Gasteiger charge is 2.47. The van der Waals surface area contributed by atoms with E-state index in [0.29, 0.717) is 31.5 Å². The van der Waals surface area contributed by atoms with Gasteiger partial charge in [-0.2, -0.15) is 8.42 Å². The number of halogens is 1. The van der Waals surface area contributed by atoms with E-state index in [1.807, 2.05) is 35.2 Å². The van der Waals surface area contributed by atoms with Gasteiger partial charge in [0.25, 0.3) is 10.1 Å². The minimum Gasteiger partial charge on any atom is -0.508 e. The van der Waals surface area contributed by atoms with E-state index in [1.54, 1.807) is 13.8 Å². The number of rotatable bonds is 7. The SMILES string of the molecule is Cc1cc([C@@](O)(OS(C)(=O)=O)[C@@H](C)N2CCC(c3ccccc3)(c3ccc(F)cc3)CC2)ccc1O. The molecule has 0 aromatic heterocycles. The predicted octanol–water partition coefficient (Wildman–Crippen LogP) is 4.43. The van der Waals surface area contributed by atoms with Crippen LogP contribution in [0.5, 0.6) is 5.75 Å². The van der Waals surface area contributed by atoms with Gasteiger partial charge in [-0.15, -0.1) is 0 Å². The zero-order valence-electron chi connectivity index (χ0n) is 20.7. The van der Waals surface area contributed by atoms with Gasteiger partial charge in [0.1, 0.15) is 11.6 Å². The summed E-state index contributed by atoms with van der Waals surface area (Å²) >= 11 is 0. The molecular weight excluding hydrogens is 481 g/mol. The number of aryl methyl sites for hydroxylation is 1. The summed E-state index contributed by atoms with van der Waals surface area (Å²) in [4.78, 5) is 2.01. The van der Waals surface area contributed by atoms with Crippen molar-refractivity contribution >= 4 is 10.1 Å². The van der Waals surface area contributed by atoms with E-state index >= 15 is 0 Å². The second-order valence-electron chi connectivity index (χ2n) is 9.65. The lowest BCUT2D eigenvalue weighted by Gasteiger charge is -2.47. The Morgan fingerprint density at radius 1 is 1.00 bits per heavy atom. The fourth-order valence-electron chi connectivity index (χ4n) is 5.28. The average molecular weight is 514 g/mol. The highest BCUT2D eigenvalue weighted by molar-refractivity contribution is 7.86. The van der Waals surface area contributed by atoms with Crippen LogP contribution in [0, 0.1) is 12.7 Å². The molecule has 1 fully saturated rings. The van der Waals surface area contributed by atoms with Crippen molar-refractivity contribution in [2.75, 3.05) is 19.3 Å². The van der Waals surface area contributed by atoms with Gasteiger partial charge < -0.3 is 10.2 Å². The topological polar surface area (TPSA) is 87.1 Å². The molecule has 0 bridgehead atoms. The van der Waals surface area contributed by atoms with Crippen LogP contribution in [-0.2, 0) is 25.5 Å². The Labute approximate surface area is 212 Å². The van der Waals surface area contributed by atoms with E-state index in [1.165, 1.54) is 30.3 Å². The molecule has 1 aliphatic heterocycles. The van der Waals surface area contributed by atoms with Crippen molar-refractivity contribution in [1.82, 2.24) is 4.90 Å². The fourth-order valence-corrected chi connectivity index (χ4v) is 5.98. The summed E-state index contributed by atoms with van der Waals surface area (Å²) < 4.78 is 43.4. The van der Waals surface area contributed by atoms with Crippen LogP contribution in [0.2, 0.25) is 0 Å². The molecule has 0 aliphatic carbocycles. The van der Waals surface area contributed by atoms with Crippen molar-refractivity contribution in [3.05, 3.63) is 101 Å². The summed E-state index contributed by atoms with van der Waals surface area (Å²) in [6, 6.07) is 20.4. The molecule has 1 saturated heterocycles. The van der Waals surface area contributed by atoms with Crippen LogP contribution in [0.4, 0.5) is 4.39 Å². The molecule has 0 spiro atoms. The first-order valence-corrected chi connectivity index (χ1v) is 13.7. The minimum absolute atomic E-state index is 0.0398. The molecule has 2 atom stereocenters. The first-order chi connectivity index (χ1) is 16.9. The number of benzene rings is 3. The number of phenols is 1. The van der Waals surface area contributed by atoms with Gasteiger partial charge in [-0.3, -0.25) is 4.90 Å².